The number of nitriles is 1. The van der Waals surface area contributed by atoms with Gasteiger partial charge in [-0.25, -0.2) is 4.98 Å². The highest BCUT2D eigenvalue weighted by molar-refractivity contribution is 6.39. The van der Waals surface area contributed by atoms with Crippen LogP contribution in [0.15, 0.2) is 18.2 Å². The molecule has 0 aliphatic heterocycles. The van der Waals surface area contributed by atoms with Crippen LogP contribution < -0.4 is 5.73 Å². The third-order valence-electron chi connectivity index (χ3n) is 3.04. The summed E-state index contributed by atoms with van der Waals surface area (Å²) in [5, 5.41) is 10.3. The number of benzene rings is 1. The number of halogens is 2. The molecule has 0 atom stereocenters. The molecule has 1 aromatic carbocycles. The summed E-state index contributed by atoms with van der Waals surface area (Å²) in [6.07, 6.45) is 0. The van der Waals surface area contributed by atoms with Crippen LogP contribution >= 0.6 is 23.2 Å². The zero-order valence-electron chi connectivity index (χ0n) is 10.5. The van der Waals surface area contributed by atoms with E-state index in [4.69, 9.17) is 28.9 Å². The van der Waals surface area contributed by atoms with Crippen molar-refractivity contribution in [1.29, 1.82) is 5.26 Å². The van der Waals surface area contributed by atoms with Gasteiger partial charge in [0.1, 0.15) is 17.5 Å². The lowest BCUT2D eigenvalue weighted by molar-refractivity contribution is 1.15. The molecule has 3 nitrogen and oxygen atoms in total. The molecule has 0 saturated heterocycles. The number of hydrogen-bond acceptors (Lipinski definition) is 3. The number of aromatic nitrogens is 1. The molecular formula is C14H11Cl2N3. The fraction of sp³-hybridized carbons (Fsp3) is 0.143. The fourth-order valence-corrected chi connectivity index (χ4v) is 2.57. The van der Waals surface area contributed by atoms with E-state index in [-0.39, 0.29) is 5.82 Å². The van der Waals surface area contributed by atoms with Crippen LogP contribution in [0.4, 0.5) is 5.82 Å². The molecular weight excluding hydrogens is 281 g/mol. The molecule has 0 spiro atoms. The van der Waals surface area contributed by atoms with Crippen LogP contribution in [0.25, 0.3) is 11.1 Å². The minimum absolute atomic E-state index is 0.191. The number of hydrogen-bond donors (Lipinski definition) is 1. The van der Waals surface area contributed by atoms with Crippen molar-refractivity contribution in [3.8, 4) is 17.2 Å². The molecule has 1 heterocycles. The summed E-state index contributed by atoms with van der Waals surface area (Å²) in [7, 11) is 0. The molecule has 2 aromatic rings. The number of nitrogens with zero attached hydrogens (tertiary/aromatic N) is 2. The quantitative estimate of drug-likeness (QED) is 0.859. The summed E-state index contributed by atoms with van der Waals surface area (Å²) in [6.45, 7) is 3.71. The van der Waals surface area contributed by atoms with Crippen LogP contribution in [-0.2, 0) is 0 Å². The summed E-state index contributed by atoms with van der Waals surface area (Å²) in [4.78, 5) is 4.16. The highest BCUT2D eigenvalue weighted by Crippen LogP contribution is 2.40. The summed E-state index contributed by atoms with van der Waals surface area (Å²) < 4.78 is 0. The smallest absolute Gasteiger partial charge is 0.142 e. The summed E-state index contributed by atoms with van der Waals surface area (Å²) >= 11 is 12.4. The second kappa shape index (κ2) is 5.08. The van der Waals surface area contributed by atoms with E-state index in [9.17, 15) is 5.26 Å². The number of pyridine rings is 1. The zero-order valence-corrected chi connectivity index (χ0v) is 12.0. The molecule has 0 bridgehead atoms. The van der Waals surface area contributed by atoms with E-state index in [1.807, 2.05) is 13.8 Å². The normalized spacial score (nSPS) is 10.3. The van der Waals surface area contributed by atoms with Gasteiger partial charge in [0, 0.05) is 26.9 Å². The van der Waals surface area contributed by atoms with Gasteiger partial charge in [-0.15, -0.1) is 0 Å². The lowest BCUT2D eigenvalue weighted by atomic mass is 9.95. The molecule has 0 fully saturated rings. The first-order valence-electron chi connectivity index (χ1n) is 5.58. The third-order valence-corrected chi connectivity index (χ3v) is 3.67. The number of rotatable bonds is 1. The van der Waals surface area contributed by atoms with Crippen molar-refractivity contribution in [3.63, 3.8) is 0 Å². The molecule has 0 radical (unpaired) electrons. The molecule has 5 heteroatoms. The van der Waals surface area contributed by atoms with Gasteiger partial charge < -0.3 is 5.73 Å². The van der Waals surface area contributed by atoms with Gasteiger partial charge in [-0.2, -0.15) is 5.26 Å². The van der Waals surface area contributed by atoms with Gasteiger partial charge in [-0.1, -0.05) is 29.3 Å². The van der Waals surface area contributed by atoms with E-state index in [0.29, 0.717) is 26.7 Å². The van der Waals surface area contributed by atoms with E-state index < -0.39 is 0 Å². The number of aryl methyl sites for hydroxylation is 1. The second-order valence-electron chi connectivity index (χ2n) is 4.17. The molecule has 0 aliphatic rings. The van der Waals surface area contributed by atoms with Crippen molar-refractivity contribution in [1.82, 2.24) is 4.98 Å². The minimum Gasteiger partial charge on any atom is -0.383 e. The fourth-order valence-electron chi connectivity index (χ4n) is 1.98. The van der Waals surface area contributed by atoms with E-state index in [1.165, 1.54) is 0 Å². The summed E-state index contributed by atoms with van der Waals surface area (Å²) in [5.41, 5.74) is 9.00. The van der Waals surface area contributed by atoms with Gasteiger partial charge in [0.2, 0.25) is 0 Å². The van der Waals surface area contributed by atoms with E-state index in [2.05, 4.69) is 11.1 Å². The SMILES string of the molecule is Cc1nc(N)c(C#N)c(-c2c(Cl)cccc2Cl)c1C. The molecule has 96 valence electrons. The molecule has 0 amide bonds. The molecule has 2 N–H and O–H groups in total. The van der Waals surface area contributed by atoms with Crippen molar-refractivity contribution in [2.45, 2.75) is 13.8 Å². The van der Waals surface area contributed by atoms with Crippen LogP contribution in [0.3, 0.4) is 0 Å². The molecule has 0 aliphatic carbocycles. The van der Waals surface area contributed by atoms with Gasteiger partial charge >= 0.3 is 0 Å². The van der Waals surface area contributed by atoms with Gasteiger partial charge in [0.15, 0.2) is 0 Å². The number of nitrogens with two attached hydrogens (primary N) is 1. The zero-order chi connectivity index (χ0) is 14.2. The largest absolute Gasteiger partial charge is 0.383 e. The Hall–Kier alpha value is -1.76. The first kappa shape index (κ1) is 13.7. The molecule has 0 saturated carbocycles. The highest BCUT2D eigenvalue weighted by atomic mass is 35.5. The highest BCUT2D eigenvalue weighted by Gasteiger charge is 2.19. The van der Waals surface area contributed by atoms with Gasteiger partial charge in [0.05, 0.1) is 0 Å². The van der Waals surface area contributed by atoms with Crippen LogP contribution in [-0.4, -0.2) is 4.98 Å². The van der Waals surface area contributed by atoms with E-state index in [0.717, 1.165) is 11.3 Å². The topological polar surface area (TPSA) is 62.7 Å². The average molecular weight is 292 g/mol. The Bertz CT molecular complexity index is 683. The van der Waals surface area contributed by atoms with Crippen LogP contribution in [0, 0.1) is 25.2 Å². The maximum atomic E-state index is 9.30. The Morgan fingerprint density at radius 1 is 1.16 bits per heavy atom. The first-order chi connectivity index (χ1) is 8.97. The minimum atomic E-state index is 0.191. The third kappa shape index (κ3) is 2.25. The number of anilines is 1. The lowest BCUT2D eigenvalue weighted by Gasteiger charge is -2.15. The predicted octanol–water partition coefficient (Wildman–Crippen LogP) is 4.13. The van der Waals surface area contributed by atoms with Crippen molar-refractivity contribution < 1.29 is 0 Å². The van der Waals surface area contributed by atoms with E-state index in [1.54, 1.807) is 18.2 Å². The summed E-state index contributed by atoms with van der Waals surface area (Å²) in [6, 6.07) is 7.30. The Morgan fingerprint density at radius 2 is 1.74 bits per heavy atom. The standard InChI is InChI=1S/C14H11Cl2N3/c1-7-8(2)19-14(18)9(6-17)12(7)13-10(15)4-3-5-11(13)16/h3-5H,1-2H3,(H2,18,19). The Labute approximate surface area is 121 Å². The molecule has 0 unspecified atom stereocenters. The Balaban J connectivity index is 2.94. The second-order valence-corrected chi connectivity index (χ2v) is 4.98. The molecule has 2 rings (SSSR count). The van der Waals surface area contributed by atoms with Crippen LogP contribution in [0.2, 0.25) is 10.0 Å². The Kier molecular flexibility index (Phi) is 3.66. The Morgan fingerprint density at radius 3 is 2.26 bits per heavy atom. The van der Waals surface area contributed by atoms with Crippen LogP contribution in [0.1, 0.15) is 16.8 Å². The maximum Gasteiger partial charge on any atom is 0.142 e. The average Bonchev–Trinajstić information content (AvgIpc) is 2.35. The van der Waals surface area contributed by atoms with Gasteiger partial charge in [0.25, 0.3) is 0 Å². The van der Waals surface area contributed by atoms with Gasteiger partial charge in [-0.05, 0) is 31.5 Å². The van der Waals surface area contributed by atoms with Crippen molar-refractivity contribution >= 4 is 29.0 Å². The maximum absolute atomic E-state index is 9.30. The lowest BCUT2D eigenvalue weighted by Crippen LogP contribution is -2.03. The monoisotopic (exact) mass is 291 g/mol. The van der Waals surface area contributed by atoms with Crippen molar-refractivity contribution in [2.75, 3.05) is 5.73 Å². The van der Waals surface area contributed by atoms with E-state index >= 15 is 0 Å². The van der Waals surface area contributed by atoms with Crippen molar-refractivity contribution in [3.05, 3.63) is 45.1 Å². The first-order valence-corrected chi connectivity index (χ1v) is 6.34. The predicted molar refractivity (Wildman–Crippen MR) is 78.3 cm³/mol. The van der Waals surface area contributed by atoms with Crippen LogP contribution in [0.5, 0.6) is 0 Å². The van der Waals surface area contributed by atoms with Gasteiger partial charge in [-0.3, -0.25) is 0 Å². The molecule has 19 heavy (non-hydrogen) atoms. The summed E-state index contributed by atoms with van der Waals surface area (Å²) in [5.74, 6) is 0.191. The number of nitrogen functional groups attached to an aromatic ring is 1. The van der Waals surface area contributed by atoms with Crippen molar-refractivity contribution in [2.24, 2.45) is 0 Å². The molecule has 1 aromatic heterocycles.